The third-order valence-corrected chi connectivity index (χ3v) is 5.21. The van der Waals surface area contributed by atoms with Crippen LogP contribution in [0.15, 0.2) is 72.8 Å². The number of rotatable bonds is 9. The number of hydrogen-bond donors (Lipinski definition) is 4. The van der Waals surface area contributed by atoms with Gasteiger partial charge in [0, 0.05) is 6.42 Å². The van der Waals surface area contributed by atoms with Crippen LogP contribution in [-0.4, -0.2) is 41.2 Å². The Hall–Kier alpha value is -3.91. The zero-order chi connectivity index (χ0) is 23.8. The summed E-state index contributed by atoms with van der Waals surface area (Å²) in [5.74, 6) is -1.47. The fourth-order valence-electron chi connectivity index (χ4n) is 3.47. The quantitative estimate of drug-likeness (QED) is 0.397. The number of aliphatic hydroxyl groups is 1. The van der Waals surface area contributed by atoms with Gasteiger partial charge < -0.3 is 26.2 Å². The number of amides is 3. The number of hydrogen-bond acceptors (Lipinski definition) is 5. The lowest BCUT2D eigenvalue weighted by Gasteiger charge is -2.24. The second-order valence-electron chi connectivity index (χ2n) is 7.73. The van der Waals surface area contributed by atoms with Crippen molar-refractivity contribution in [3.8, 4) is 0 Å². The van der Waals surface area contributed by atoms with Gasteiger partial charge in [-0.05, 0) is 28.8 Å². The van der Waals surface area contributed by atoms with Crippen LogP contribution >= 0.6 is 0 Å². The first-order valence-corrected chi connectivity index (χ1v) is 10.6. The maximum Gasteiger partial charge on any atom is 0.408 e. The standard InChI is InChI=1S/C25H27N3O5/c1-16(29)22(28-25(32)33-15-17-8-3-2-4-9-17)24(31)27-21(23(26)30)14-19-12-7-11-18-10-5-6-13-20(18)19/h2-13,16,21-22,29H,14-15H2,1H3,(H2,26,30)(H,27,31)(H,28,32)/t16-,21+,22+/m1/s1. The smallest absolute Gasteiger partial charge is 0.408 e. The van der Waals surface area contributed by atoms with Gasteiger partial charge in [-0.1, -0.05) is 72.8 Å². The van der Waals surface area contributed by atoms with E-state index in [4.69, 9.17) is 10.5 Å². The van der Waals surface area contributed by atoms with Gasteiger partial charge in [0.1, 0.15) is 18.7 Å². The number of carbonyl (C=O) groups is 3. The van der Waals surface area contributed by atoms with Crippen molar-refractivity contribution in [1.29, 1.82) is 0 Å². The summed E-state index contributed by atoms with van der Waals surface area (Å²) in [6.07, 6.45) is -1.95. The van der Waals surface area contributed by atoms with Crippen molar-refractivity contribution < 1.29 is 24.2 Å². The normalized spacial score (nSPS) is 13.5. The Morgan fingerprint density at radius 3 is 2.30 bits per heavy atom. The van der Waals surface area contributed by atoms with Gasteiger partial charge in [0.05, 0.1) is 6.10 Å². The zero-order valence-corrected chi connectivity index (χ0v) is 18.2. The predicted molar refractivity (Wildman–Crippen MR) is 124 cm³/mol. The first kappa shape index (κ1) is 23.7. The zero-order valence-electron chi connectivity index (χ0n) is 18.2. The van der Waals surface area contributed by atoms with E-state index in [1.54, 1.807) is 12.1 Å². The molecule has 0 radical (unpaired) electrons. The first-order valence-electron chi connectivity index (χ1n) is 10.6. The maximum atomic E-state index is 12.8. The highest BCUT2D eigenvalue weighted by Gasteiger charge is 2.30. The summed E-state index contributed by atoms with van der Waals surface area (Å²) >= 11 is 0. The number of carbonyl (C=O) groups excluding carboxylic acids is 3. The SMILES string of the molecule is C[C@@H](O)[C@H](NC(=O)OCc1ccccc1)C(=O)N[C@@H](Cc1cccc2ccccc12)C(N)=O. The van der Waals surface area contributed by atoms with Crippen molar-refractivity contribution in [2.45, 2.75) is 38.1 Å². The Morgan fingerprint density at radius 1 is 0.939 bits per heavy atom. The fourth-order valence-corrected chi connectivity index (χ4v) is 3.47. The van der Waals surface area contributed by atoms with Crippen molar-refractivity contribution in [2.24, 2.45) is 5.73 Å². The summed E-state index contributed by atoms with van der Waals surface area (Å²) in [6.45, 7) is 1.36. The predicted octanol–water partition coefficient (Wildman–Crippen LogP) is 2.03. The Labute approximate surface area is 191 Å². The molecular formula is C25H27N3O5. The summed E-state index contributed by atoms with van der Waals surface area (Å²) in [4.78, 5) is 37.1. The number of benzene rings is 3. The molecule has 0 fully saturated rings. The van der Waals surface area contributed by atoms with E-state index in [1.807, 2.05) is 60.7 Å². The Balaban J connectivity index is 1.66. The Kier molecular flexibility index (Phi) is 7.99. The molecule has 5 N–H and O–H groups in total. The molecule has 0 heterocycles. The van der Waals surface area contributed by atoms with Gasteiger partial charge in [-0.15, -0.1) is 0 Å². The van der Waals surface area contributed by atoms with Crippen LogP contribution in [0.3, 0.4) is 0 Å². The fraction of sp³-hybridized carbons (Fsp3) is 0.240. The van der Waals surface area contributed by atoms with Crippen LogP contribution in [-0.2, 0) is 27.4 Å². The van der Waals surface area contributed by atoms with Crippen molar-refractivity contribution in [3.63, 3.8) is 0 Å². The van der Waals surface area contributed by atoms with Gasteiger partial charge in [-0.25, -0.2) is 4.79 Å². The maximum absolute atomic E-state index is 12.8. The first-order chi connectivity index (χ1) is 15.8. The molecule has 33 heavy (non-hydrogen) atoms. The number of aliphatic hydroxyl groups excluding tert-OH is 1. The molecule has 0 aliphatic heterocycles. The van der Waals surface area contributed by atoms with E-state index in [0.29, 0.717) is 0 Å². The molecule has 0 saturated carbocycles. The molecule has 172 valence electrons. The molecule has 8 heteroatoms. The molecule has 3 amide bonds. The van der Waals surface area contributed by atoms with Gasteiger partial charge in [0.15, 0.2) is 0 Å². The highest BCUT2D eigenvalue weighted by atomic mass is 16.5. The number of nitrogens with one attached hydrogen (secondary N) is 2. The third kappa shape index (κ3) is 6.54. The minimum absolute atomic E-state index is 0.00577. The monoisotopic (exact) mass is 449 g/mol. The Bertz CT molecular complexity index is 1110. The third-order valence-electron chi connectivity index (χ3n) is 5.21. The Morgan fingerprint density at radius 2 is 1.61 bits per heavy atom. The van der Waals surface area contributed by atoms with E-state index in [1.165, 1.54) is 6.92 Å². The number of ether oxygens (including phenoxy) is 1. The van der Waals surface area contributed by atoms with Crippen LogP contribution in [0.25, 0.3) is 10.8 Å². The molecule has 0 spiro atoms. The van der Waals surface area contributed by atoms with Crippen LogP contribution in [0, 0.1) is 0 Å². The molecule has 0 saturated heterocycles. The van der Waals surface area contributed by atoms with Crippen LogP contribution in [0.1, 0.15) is 18.1 Å². The summed E-state index contributed by atoms with van der Waals surface area (Å²) in [6, 6.07) is 20.0. The van der Waals surface area contributed by atoms with Crippen molar-refractivity contribution in [1.82, 2.24) is 10.6 Å². The molecule has 0 aliphatic carbocycles. The topological polar surface area (TPSA) is 131 Å². The molecule has 0 aliphatic rings. The molecule has 0 bridgehead atoms. The minimum atomic E-state index is -1.33. The average Bonchev–Trinajstić information content (AvgIpc) is 2.81. The molecule has 3 atom stereocenters. The summed E-state index contributed by atoms with van der Waals surface area (Å²) in [7, 11) is 0. The highest BCUT2D eigenvalue weighted by Crippen LogP contribution is 2.20. The molecule has 0 aromatic heterocycles. The molecule has 8 nitrogen and oxygen atoms in total. The van der Waals surface area contributed by atoms with E-state index in [-0.39, 0.29) is 13.0 Å². The number of fused-ring (bicyclic) bond motifs is 1. The second kappa shape index (κ2) is 11.1. The lowest BCUT2D eigenvalue weighted by Crippen LogP contribution is -2.57. The lowest BCUT2D eigenvalue weighted by molar-refractivity contribution is -0.130. The average molecular weight is 450 g/mol. The van der Waals surface area contributed by atoms with E-state index in [0.717, 1.165) is 21.9 Å². The van der Waals surface area contributed by atoms with Crippen molar-refractivity contribution in [3.05, 3.63) is 83.9 Å². The van der Waals surface area contributed by atoms with Gasteiger partial charge in [0.2, 0.25) is 11.8 Å². The molecule has 3 rings (SSSR count). The van der Waals surface area contributed by atoms with E-state index < -0.39 is 36.1 Å². The van der Waals surface area contributed by atoms with Gasteiger partial charge >= 0.3 is 6.09 Å². The summed E-state index contributed by atoms with van der Waals surface area (Å²) in [5.41, 5.74) is 7.15. The van der Waals surface area contributed by atoms with E-state index in [9.17, 15) is 19.5 Å². The van der Waals surface area contributed by atoms with Gasteiger partial charge in [0.25, 0.3) is 0 Å². The van der Waals surface area contributed by atoms with Crippen molar-refractivity contribution >= 4 is 28.7 Å². The van der Waals surface area contributed by atoms with Crippen LogP contribution < -0.4 is 16.4 Å². The molecule has 3 aromatic carbocycles. The summed E-state index contributed by atoms with van der Waals surface area (Å²) < 4.78 is 5.12. The van der Waals surface area contributed by atoms with Crippen LogP contribution in [0.2, 0.25) is 0 Å². The number of nitrogens with two attached hydrogens (primary N) is 1. The van der Waals surface area contributed by atoms with Gasteiger partial charge in [-0.2, -0.15) is 0 Å². The van der Waals surface area contributed by atoms with E-state index in [2.05, 4.69) is 10.6 Å². The number of alkyl carbamates (subject to hydrolysis) is 1. The van der Waals surface area contributed by atoms with Crippen LogP contribution in [0.5, 0.6) is 0 Å². The van der Waals surface area contributed by atoms with Crippen LogP contribution in [0.4, 0.5) is 4.79 Å². The highest BCUT2D eigenvalue weighted by molar-refractivity contribution is 5.92. The lowest BCUT2D eigenvalue weighted by atomic mass is 9.98. The molecule has 0 unspecified atom stereocenters. The molecule has 3 aromatic rings. The molecular weight excluding hydrogens is 422 g/mol. The largest absolute Gasteiger partial charge is 0.445 e. The summed E-state index contributed by atoms with van der Waals surface area (Å²) in [5, 5.41) is 16.9. The number of primary amides is 1. The minimum Gasteiger partial charge on any atom is -0.445 e. The second-order valence-corrected chi connectivity index (χ2v) is 7.73. The van der Waals surface area contributed by atoms with Crippen molar-refractivity contribution in [2.75, 3.05) is 0 Å². The van der Waals surface area contributed by atoms with E-state index >= 15 is 0 Å². The van der Waals surface area contributed by atoms with Gasteiger partial charge in [-0.3, -0.25) is 9.59 Å².